The largest absolute Gasteiger partial charge is 0.472 e. The van der Waals surface area contributed by atoms with Gasteiger partial charge in [-0.15, -0.1) is 4.85 Å². The predicted octanol–water partition coefficient (Wildman–Crippen LogP) is 3.62. The average molecular weight is 398 g/mol. The number of nitrogens with zero attached hydrogens (tertiary/aromatic N) is 2. The standard InChI is InChI=1S/C11H9F2IN2O2S/c12-11(13)19-9-3-1-2-8(14)7(9)6-18-10-4-5-16(17)15-10/h1-5,11,17H,6H2. The van der Waals surface area contributed by atoms with Crippen molar-refractivity contribution >= 4 is 34.4 Å². The molecule has 0 saturated heterocycles. The Bertz CT molecular complexity index is 565. The molecule has 0 amide bonds. The minimum absolute atomic E-state index is 0.116. The quantitative estimate of drug-likeness (QED) is 0.475. The lowest BCUT2D eigenvalue weighted by Crippen LogP contribution is -2.02. The fourth-order valence-corrected chi connectivity index (χ4v) is 2.90. The van der Waals surface area contributed by atoms with Crippen molar-refractivity contribution in [1.82, 2.24) is 9.94 Å². The Morgan fingerprint density at radius 2 is 2.21 bits per heavy atom. The Hall–Kier alpha value is -1.03. The molecule has 1 heterocycles. The molecule has 2 aromatic rings. The number of ether oxygens (including phenoxy) is 1. The van der Waals surface area contributed by atoms with Gasteiger partial charge in [0.1, 0.15) is 6.61 Å². The Morgan fingerprint density at radius 3 is 2.84 bits per heavy atom. The monoisotopic (exact) mass is 398 g/mol. The number of aromatic nitrogens is 2. The topological polar surface area (TPSA) is 47.3 Å². The van der Waals surface area contributed by atoms with E-state index in [4.69, 9.17) is 9.94 Å². The maximum Gasteiger partial charge on any atom is 0.288 e. The minimum atomic E-state index is -2.48. The summed E-state index contributed by atoms with van der Waals surface area (Å²) in [5.41, 5.74) is 0.681. The van der Waals surface area contributed by atoms with Gasteiger partial charge in [0, 0.05) is 20.1 Å². The third-order valence-electron chi connectivity index (χ3n) is 2.21. The first-order chi connectivity index (χ1) is 9.06. The van der Waals surface area contributed by atoms with Crippen molar-refractivity contribution in [3.63, 3.8) is 0 Å². The van der Waals surface area contributed by atoms with E-state index in [1.807, 2.05) is 6.07 Å². The molecule has 1 aromatic heterocycles. The number of rotatable bonds is 5. The second-order valence-corrected chi connectivity index (χ2v) is 5.65. The van der Waals surface area contributed by atoms with Crippen LogP contribution in [0.2, 0.25) is 0 Å². The maximum atomic E-state index is 12.5. The van der Waals surface area contributed by atoms with E-state index in [2.05, 4.69) is 27.7 Å². The zero-order valence-electron chi connectivity index (χ0n) is 9.46. The van der Waals surface area contributed by atoms with Crippen LogP contribution in [-0.2, 0) is 6.61 Å². The SMILES string of the molecule is On1ccc(OCc2c(I)cccc2SC(F)F)n1. The lowest BCUT2D eigenvalue weighted by Gasteiger charge is -2.11. The number of halogens is 3. The second kappa shape index (κ2) is 6.42. The molecule has 0 unspecified atom stereocenters. The van der Waals surface area contributed by atoms with Crippen LogP contribution in [0.15, 0.2) is 35.4 Å². The summed E-state index contributed by atoms with van der Waals surface area (Å²) in [6.07, 6.45) is 1.32. The Labute approximate surface area is 125 Å². The van der Waals surface area contributed by atoms with Crippen molar-refractivity contribution in [2.75, 3.05) is 0 Å². The van der Waals surface area contributed by atoms with Gasteiger partial charge in [-0.2, -0.15) is 8.78 Å². The van der Waals surface area contributed by atoms with Crippen LogP contribution < -0.4 is 4.74 Å². The molecule has 0 saturated carbocycles. The van der Waals surface area contributed by atoms with Gasteiger partial charge >= 0.3 is 0 Å². The predicted molar refractivity (Wildman–Crippen MR) is 74.8 cm³/mol. The van der Waals surface area contributed by atoms with Crippen LogP contribution in [0.3, 0.4) is 0 Å². The first-order valence-electron chi connectivity index (χ1n) is 5.16. The van der Waals surface area contributed by atoms with Crippen LogP contribution in [0.25, 0.3) is 0 Å². The van der Waals surface area contributed by atoms with Gasteiger partial charge < -0.3 is 9.94 Å². The molecule has 0 aliphatic carbocycles. The number of thioether (sulfide) groups is 1. The van der Waals surface area contributed by atoms with Crippen LogP contribution in [-0.4, -0.2) is 20.9 Å². The van der Waals surface area contributed by atoms with Crippen molar-refractivity contribution in [1.29, 1.82) is 0 Å². The van der Waals surface area contributed by atoms with Gasteiger partial charge in [0.05, 0.1) is 6.20 Å². The molecule has 1 aromatic carbocycles. The van der Waals surface area contributed by atoms with Crippen molar-refractivity contribution in [3.8, 4) is 5.88 Å². The molecule has 0 aliphatic rings. The molecule has 0 radical (unpaired) electrons. The zero-order valence-corrected chi connectivity index (χ0v) is 12.4. The number of hydrogen-bond acceptors (Lipinski definition) is 4. The van der Waals surface area contributed by atoms with E-state index < -0.39 is 5.76 Å². The molecular formula is C11H9F2IN2O2S. The van der Waals surface area contributed by atoms with E-state index in [-0.39, 0.29) is 12.5 Å². The summed E-state index contributed by atoms with van der Waals surface area (Å²) in [5, 5.41) is 12.6. The van der Waals surface area contributed by atoms with Crippen molar-refractivity contribution in [2.24, 2.45) is 0 Å². The normalized spacial score (nSPS) is 10.9. The molecule has 19 heavy (non-hydrogen) atoms. The van der Waals surface area contributed by atoms with Crippen LogP contribution in [0.1, 0.15) is 5.56 Å². The first-order valence-corrected chi connectivity index (χ1v) is 7.12. The average Bonchev–Trinajstić information content (AvgIpc) is 2.73. The van der Waals surface area contributed by atoms with E-state index in [1.165, 1.54) is 12.3 Å². The molecule has 0 spiro atoms. The summed E-state index contributed by atoms with van der Waals surface area (Å²) in [7, 11) is 0. The zero-order chi connectivity index (χ0) is 13.8. The van der Waals surface area contributed by atoms with Gasteiger partial charge in [-0.05, 0) is 34.7 Å². The van der Waals surface area contributed by atoms with Crippen LogP contribution in [0, 0.1) is 3.57 Å². The fraction of sp³-hybridized carbons (Fsp3) is 0.182. The summed E-state index contributed by atoms with van der Waals surface area (Å²) in [6, 6.07) is 6.65. The molecular weight excluding hydrogens is 389 g/mol. The maximum absolute atomic E-state index is 12.5. The minimum Gasteiger partial charge on any atom is -0.472 e. The highest BCUT2D eigenvalue weighted by atomic mass is 127. The molecule has 0 bridgehead atoms. The summed E-state index contributed by atoms with van der Waals surface area (Å²) < 4.78 is 31.1. The molecule has 102 valence electrons. The van der Waals surface area contributed by atoms with E-state index in [1.54, 1.807) is 12.1 Å². The third kappa shape index (κ3) is 3.96. The van der Waals surface area contributed by atoms with Gasteiger partial charge in [0.2, 0.25) is 5.88 Å². The van der Waals surface area contributed by atoms with Gasteiger partial charge in [0.25, 0.3) is 5.76 Å². The summed E-state index contributed by atoms with van der Waals surface area (Å²) in [4.78, 5) is 1.10. The molecule has 2 rings (SSSR count). The second-order valence-electron chi connectivity index (χ2n) is 3.46. The van der Waals surface area contributed by atoms with E-state index in [0.29, 0.717) is 27.1 Å². The van der Waals surface area contributed by atoms with E-state index >= 15 is 0 Å². The van der Waals surface area contributed by atoms with Gasteiger partial charge in [0.15, 0.2) is 0 Å². The van der Waals surface area contributed by atoms with Crippen molar-refractivity contribution in [2.45, 2.75) is 17.3 Å². The smallest absolute Gasteiger partial charge is 0.288 e. The molecule has 4 nitrogen and oxygen atoms in total. The van der Waals surface area contributed by atoms with Crippen molar-refractivity contribution < 1.29 is 18.7 Å². The van der Waals surface area contributed by atoms with Crippen molar-refractivity contribution in [3.05, 3.63) is 39.6 Å². The Kier molecular flexibility index (Phi) is 4.86. The number of alkyl halides is 2. The molecule has 0 aliphatic heterocycles. The van der Waals surface area contributed by atoms with E-state index in [0.717, 1.165) is 3.57 Å². The van der Waals surface area contributed by atoms with Gasteiger partial charge in [-0.3, -0.25) is 0 Å². The summed E-state index contributed by atoms with van der Waals surface area (Å²) in [6.45, 7) is 0.116. The highest BCUT2D eigenvalue weighted by molar-refractivity contribution is 14.1. The lowest BCUT2D eigenvalue weighted by atomic mass is 10.2. The lowest BCUT2D eigenvalue weighted by molar-refractivity contribution is 0.141. The Balaban J connectivity index is 2.14. The van der Waals surface area contributed by atoms with Gasteiger partial charge in [-0.1, -0.05) is 22.9 Å². The summed E-state index contributed by atoms with van der Waals surface area (Å²) in [5.74, 6) is -2.25. The van der Waals surface area contributed by atoms with Crippen LogP contribution >= 0.6 is 34.4 Å². The highest BCUT2D eigenvalue weighted by Gasteiger charge is 2.13. The molecule has 1 N–H and O–H groups in total. The van der Waals surface area contributed by atoms with Crippen LogP contribution in [0.5, 0.6) is 5.88 Å². The first kappa shape index (κ1) is 14.4. The molecule has 8 heteroatoms. The third-order valence-corrected chi connectivity index (χ3v) is 4.03. The van der Waals surface area contributed by atoms with Gasteiger partial charge in [-0.25, -0.2) is 0 Å². The molecule has 0 fully saturated rings. The molecule has 0 atom stereocenters. The number of hydrogen-bond donors (Lipinski definition) is 1. The van der Waals surface area contributed by atoms with Crippen LogP contribution in [0.4, 0.5) is 8.78 Å². The highest BCUT2D eigenvalue weighted by Crippen LogP contribution is 2.31. The Morgan fingerprint density at radius 1 is 1.42 bits per heavy atom. The number of benzene rings is 1. The summed E-state index contributed by atoms with van der Waals surface area (Å²) >= 11 is 2.55. The van der Waals surface area contributed by atoms with E-state index in [9.17, 15) is 8.78 Å². The fourth-order valence-electron chi connectivity index (χ4n) is 1.41.